The SMILES string of the molecule is Cc1ccc(C(N)c2ccc(F)cc2)c(=O)n1C1CCCC1. The van der Waals surface area contributed by atoms with E-state index < -0.39 is 6.04 Å². The van der Waals surface area contributed by atoms with Gasteiger partial charge in [-0.25, -0.2) is 4.39 Å². The standard InChI is InChI=1S/C18H21FN2O/c1-12-6-11-16(17(20)13-7-9-14(19)10-8-13)18(22)21(12)15-4-2-3-5-15/h6-11,15,17H,2-5,20H2,1H3. The summed E-state index contributed by atoms with van der Waals surface area (Å²) in [6.07, 6.45) is 4.45. The minimum atomic E-state index is -0.527. The lowest BCUT2D eigenvalue weighted by atomic mass is 10.00. The van der Waals surface area contributed by atoms with Crippen molar-refractivity contribution in [3.05, 3.63) is 69.4 Å². The van der Waals surface area contributed by atoms with Crippen molar-refractivity contribution in [1.82, 2.24) is 4.57 Å². The molecule has 1 atom stereocenters. The zero-order valence-electron chi connectivity index (χ0n) is 12.8. The number of hydrogen-bond acceptors (Lipinski definition) is 2. The van der Waals surface area contributed by atoms with Crippen LogP contribution in [0.1, 0.15) is 54.6 Å². The fraction of sp³-hybridized carbons (Fsp3) is 0.389. The third kappa shape index (κ3) is 2.71. The number of pyridine rings is 1. The van der Waals surface area contributed by atoms with Gasteiger partial charge < -0.3 is 10.3 Å². The average Bonchev–Trinajstić information content (AvgIpc) is 3.01. The van der Waals surface area contributed by atoms with Crippen molar-refractivity contribution in [3.63, 3.8) is 0 Å². The molecule has 1 saturated carbocycles. The summed E-state index contributed by atoms with van der Waals surface area (Å²) in [4.78, 5) is 12.9. The molecule has 3 nitrogen and oxygen atoms in total. The first-order chi connectivity index (χ1) is 10.6. The minimum Gasteiger partial charge on any atom is -0.320 e. The molecular weight excluding hydrogens is 279 g/mol. The third-order valence-corrected chi connectivity index (χ3v) is 4.60. The molecule has 0 amide bonds. The van der Waals surface area contributed by atoms with Crippen LogP contribution in [0.15, 0.2) is 41.2 Å². The van der Waals surface area contributed by atoms with Gasteiger partial charge in [0.15, 0.2) is 0 Å². The number of hydrogen-bond donors (Lipinski definition) is 1. The Morgan fingerprint density at radius 2 is 1.77 bits per heavy atom. The van der Waals surface area contributed by atoms with E-state index in [1.165, 1.54) is 25.0 Å². The van der Waals surface area contributed by atoms with Gasteiger partial charge in [-0.3, -0.25) is 4.79 Å². The molecule has 2 N–H and O–H groups in total. The maximum atomic E-state index is 13.0. The lowest BCUT2D eigenvalue weighted by molar-refractivity contribution is 0.486. The van der Waals surface area contributed by atoms with Crippen LogP contribution in [0, 0.1) is 12.7 Å². The summed E-state index contributed by atoms with van der Waals surface area (Å²) in [6, 6.07) is 9.54. The molecule has 1 unspecified atom stereocenters. The summed E-state index contributed by atoms with van der Waals surface area (Å²) in [5.41, 5.74) is 8.54. The van der Waals surface area contributed by atoms with Gasteiger partial charge in [0.2, 0.25) is 0 Å². The Hall–Kier alpha value is -1.94. The van der Waals surface area contributed by atoms with Gasteiger partial charge in [0.25, 0.3) is 5.56 Å². The topological polar surface area (TPSA) is 48.0 Å². The highest BCUT2D eigenvalue weighted by atomic mass is 19.1. The number of rotatable bonds is 3. The number of aromatic nitrogens is 1. The molecule has 0 aliphatic heterocycles. The van der Waals surface area contributed by atoms with Gasteiger partial charge in [-0.05, 0) is 49.6 Å². The van der Waals surface area contributed by atoms with E-state index in [1.807, 2.05) is 17.6 Å². The lowest BCUT2D eigenvalue weighted by Gasteiger charge is -2.20. The van der Waals surface area contributed by atoms with Crippen LogP contribution in [0.25, 0.3) is 0 Å². The van der Waals surface area contributed by atoms with E-state index in [-0.39, 0.29) is 17.4 Å². The van der Waals surface area contributed by atoms with Crippen LogP contribution in [0.4, 0.5) is 4.39 Å². The lowest BCUT2D eigenvalue weighted by Crippen LogP contribution is -2.31. The molecule has 0 spiro atoms. The molecule has 1 aliphatic carbocycles. The molecule has 1 heterocycles. The van der Waals surface area contributed by atoms with Crippen LogP contribution < -0.4 is 11.3 Å². The van der Waals surface area contributed by atoms with E-state index in [2.05, 4.69) is 0 Å². The van der Waals surface area contributed by atoms with E-state index in [4.69, 9.17) is 5.73 Å². The van der Waals surface area contributed by atoms with E-state index in [9.17, 15) is 9.18 Å². The smallest absolute Gasteiger partial charge is 0.256 e. The highest BCUT2D eigenvalue weighted by Crippen LogP contribution is 2.29. The summed E-state index contributed by atoms with van der Waals surface area (Å²) in [5.74, 6) is -0.303. The number of nitrogens with zero attached hydrogens (tertiary/aromatic N) is 1. The van der Waals surface area contributed by atoms with E-state index in [0.717, 1.165) is 24.1 Å². The molecule has 1 aromatic heterocycles. The first-order valence-electron chi connectivity index (χ1n) is 7.81. The van der Waals surface area contributed by atoms with Crippen LogP contribution in [0.3, 0.4) is 0 Å². The van der Waals surface area contributed by atoms with Gasteiger partial charge in [-0.2, -0.15) is 0 Å². The van der Waals surface area contributed by atoms with Crippen molar-refractivity contribution >= 4 is 0 Å². The molecule has 0 radical (unpaired) electrons. The predicted molar refractivity (Wildman–Crippen MR) is 85.4 cm³/mol. The fourth-order valence-electron chi connectivity index (χ4n) is 3.36. The van der Waals surface area contributed by atoms with Crippen molar-refractivity contribution < 1.29 is 4.39 Å². The van der Waals surface area contributed by atoms with Crippen LogP contribution in [-0.4, -0.2) is 4.57 Å². The van der Waals surface area contributed by atoms with Crippen molar-refractivity contribution in [2.45, 2.75) is 44.7 Å². The predicted octanol–water partition coefficient (Wildman–Crippen LogP) is 3.46. The highest BCUT2D eigenvalue weighted by molar-refractivity contribution is 5.31. The van der Waals surface area contributed by atoms with Gasteiger partial charge >= 0.3 is 0 Å². The van der Waals surface area contributed by atoms with Crippen LogP contribution in [0.5, 0.6) is 0 Å². The molecule has 1 aromatic carbocycles. The minimum absolute atomic E-state index is 0.0104. The van der Waals surface area contributed by atoms with Gasteiger partial charge in [0, 0.05) is 17.3 Å². The quantitative estimate of drug-likeness (QED) is 0.943. The van der Waals surface area contributed by atoms with Crippen molar-refractivity contribution in [2.24, 2.45) is 5.73 Å². The van der Waals surface area contributed by atoms with E-state index in [1.54, 1.807) is 18.2 Å². The van der Waals surface area contributed by atoms with E-state index in [0.29, 0.717) is 5.56 Å². The Balaban J connectivity index is 2.02. The summed E-state index contributed by atoms with van der Waals surface area (Å²) in [7, 11) is 0. The molecule has 0 bridgehead atoms. The summed E-state index contributed by atoms with van der Waals surface area (Å²) < 4.78 is 14.9. The second-order valence-electron chi connectivity index (χ2n) is 6.07. The Morgan fingerprint density at radius 1 is 1.14 bits per heavy atom. The molecule has 1 fully saturated rings. The second-order valence-corrected chi connectivity index (χ2v) is 6.07. The summed E-state index contributed by atoms with van der Waals surface area (Å²) >= 11 is 0. The maximum Gasteiger partial charge on any atom is 0.256 e. The first-order valence-corrected chi connectivity index (χ1v) is 7.81. The Kier molecular flexibility index (Phi) is 4.12. The van der Waals surface area contributed by atoms with Crippen LogP contribution >= 0.6 is 0 Å². The summed E-state index contributed by atoms with van der Waals surface area (Å²) in [5, 5.41) is 0. The summed E-state index contributed by atoms with van der Waals surface area (Å²) in [6.45, 7) is 1.97. The van der Waals surface area contributed by atoms with Crippen molar-refractivity contribution in [2.75, 3.05) is 0 Å². The maximum absolute atomic E-state index is 13.0. The molecule has 22 heavy (non-hydrogen) atoms. The molecule has 1 aliphatic rings. The zero-order valence-corrected chi connectivity index (χ0v) is 12.8. The molecule has 2 aromatic rings. The largest absolute Gasteiger partial charge is 0.320 e. The van der Waals surface area contributed by atoms with Gasteiger partial charge in [0.05, 0.1) is 6.04 Å². The number of halogens is 1. The molecule has 0 saturated heterocycles. The Morgan fingerprint density at radius 3 is 2.41 bits per heavy atom. The third-order valence-electron chi connectivity index (χ3n) is 4.60. The Labute approximate surface area is 129 Å². The second kappa shape index (κ2) is 6.05. The zero-order chi connectivity index (χ0) is 15.7. The van der Waals surface area contributed by atoms with Gasteiger partial charge in [-0.15, -0.1) is 0 Å². The van der Waals surface area contributed by atoms with Gasteiger partial charge in [0.1, 0.15) is 5.82 Å². The average molecular weight is 300 g/mol. The number of benzene rings is 1. The van der Waals surface area contributed by atoms with E-state index >= 15 is 0 Å². The molecule has 4 heteroatoms. The van der Waals surface area contributed by atoms with Crippen LogP contribution in [0.2, 0.25) is 0 Å². The van der Waals surface area contributed by atoms with Crippen LogP contribution in [-0.2, 0) is 0 Å². The highest BCUT2D eigenvalue weighted by Gasteiger charge is 2.22. The first kappa shape index (κ1) is 15.0. The van der Waals surface area contributed by atoms with Crippen molar-refractivity contribution in [1.29, 1.82) is 0 Å². The normalized spacial score (nSPS) is 16.9. The number of nitrogens with two attached hydrogens (primary N) is 1. The van der Waals surface area contributed by atoms with Crippen molar-refractivity contribution in [3.8, 4) is 0 Å². The molecule has 116 valence electrons. The van der Waals surface area contributed by atoms with Gasteiger partial charge in [-0.1, -0.05) is 25.0 Å². The molecular formula is C18H21FN2O. The number of aryl methyl sites for hydroxylation is 1. The fourth-order valence-corrected chi connectivity index (χ4v) is 3.36. The Bertz CT molecular complexity index is 715. The molecule has 3 rings (SSSR count). The monoisotopic (exact) mass is 300 g/mol.